The van der Waals surface area contributed by atoms with Gasteiger partial charge in [-0.05, 0) is 51.0 Å². The molecule has 1 aliphatic rings. The topological polar surface area (TPSA) is 23.5 Å². The molecule has 2 unspecified atom stereocenters. The number of hydrogen-bond donors (Lipinski definition) is 1. The molecule has 0 bridgehead atoms. The number of aliphatic hydroxyl groups excluding tert-OH is 1. The maximum Gasteiger partial charge on any atom is 0.0433 e. The SMILES string of the molecule is CCCC=CCCN1CCC(CCO)CC1CC. The molecule has 0 aliphatic carbocycles. The number of aliphatic hydroxyl groups is 1. The van der Waals surface area contributed by atoms with Crippen molar-refractivity contribution in [2.45, 2.75) is 64.8 Å². The predicted octanol–water partition coefficient (Wildman–Crippen LogP) is 3.61. The third-order valence-electron chi connectivity index (χ3n) is 4.16. The van der Waals surface area contributed by atoms with Gasteiger partial charge in [-0.15, -0.1) is 0 Å². The fourth-order valence-corrected chi connectivity index (χ4v) is 2.99. The van der Waals surface area contributed by atoms with Crippen LogP contribution in [0.25, 0.3) is 0 Å². The highest BCUT2D eigenvalue weighted by molar-refractivity contribution is 4.86. The maximum absolute atomic E-state index is 9.04. The average molecular weight is 253 g/mol. The minimum absolute atomic E-state index is 0.362. The van der Waals surface area contributed by atoms with Gasteiger partial charge in [0, 0.05) is 19.2 Å². The molecule has 106 valence electrons. The van der Waals surface area contributed by atoms with Gasteiger partial charge in [-0.1, -0.05) is 32.4 Å². The molecule has 1 N–H and O–H groups in total. The number of hydrogen-bond acceptors (Lipinski definition) is 2. The zero-order chi connectivity index (χ0) is 13.2. The highest BCUT2D eigenvalue weighted by Crippen LogP contribution is 2.27. The summed E-state index contributed by atoms with van der Waals surface area (Å²) in [6, 6.07) is 0.745. The second-order valence-corrected chi connectivity index (χ2v) is 5.55. The van der Waals surface area contributed by atoms with Crippen molar-refractivity contribution in [1.82, 2.24) is 4.90 Å². The smallest absolute Gasteiger partial charge is 0.0433 e. The van der Waals surface area contributed by atoms with Gasteiger partial charge in [0.2, 0.25) is 0 Å². The normalized spacial score (nSPS) is 25.9. The van der Waals surface area contributed by atoms with Crippen molar-refractivity contribution < 1.29 is 5.11 Å². The number of allylic oxidation sites excluding steroid dienone is 1. The lowest BCUT2D eigenvalue weighted by molar-refractivity contribution is 0.0974. The summed E-state index contributed by atoms with van der Waals surface area (Å²) in [4.78, 5) is 2.66. The zero-order valence-corrected chi connectivity index (χ0v) is 12.3. The van der Waals surface area contributed by atoms with Gasteiger partial charge < -0.3 is 10.0 Å². The van der Waals surface area contributed by atoms with E-state index in [1.54, 1.807) is 0 Å². The van der Waals surface area contributed by atoms with Gasteiger partial charge in [-0.25, -0.2) is 0 Å². The van der Waals surface area contributed by atoms with Crippen LogP contribution in [0.15, 0.2) is 12.2 Å². The van der Waals surface area contributed by atoms with E-state index in [-0.39, 0.29) is 0 Å². The fraction of sp³-hybridized carbons (Fsp3) is 0.875. The van der Waals surface area contributed by atoms with E-state index >= 15 is 0 Å². The highest BCUT2D eigenvalue weighted by atomic mass is 16.3. The first-order valence-electron chi connectivity index (χ1n) is 7.81. The third-order valence-corrected chi connectivity index (χ3v) is 4.16. The Kier molecular flexibility index (Phi) is 8.36. The van der Waals surface area contributed by atoms with Crippen LogP contribution in [-0.2, 0) is 0 Å². The van der Waals surface area contributed by atoms with Crippen LogP contribution in [0, 0.1) is 5.92 Å². The summed E-state index contributed by atoms with van der Waals surface area (Å²) in [6.07, 6.45) is 13.1. The third kappa shape index (κ3) is 5.53. The van der Waals surface area contributed by atoms with Gasteiger partial charge in [0.1, 0.15) is 0 Å². The maximum atomic E-state index is 9.04. The molecule has 1 heterocycles. The van der Waals surface area contributed by atoms with Crippen molar-refractivity contribution in [3.05, 3.63) is 12.2 Å². The summed E-state index contributed by atoms with van der Waals surface area (Å²) in [5, 5.41) is 9.04. The molecular weight excluding hydrogens is 222 g/mol. The minimum Gasteiger partial charge on any atom is -0.396 e. The van der Waals surface area contributed by atoms with Gasteiger partial charge in [0.05, 0.1) is 0 Å². The van der Waals surface area contributed by atoms with E-state index in [0.717, 1.165) is 18.4 Å². The molecule has 0 spiro atoms. The number of unbranched alkanes of at least 4 members (excludes halogenated alkanes) is 1. The van der Waals surface area contributed by atoms with Gasteiger partial charge >= 0.3 is 0 Å². The lowest BCUT2D eigenvalue weighted by Gasteiger charge is -2.39. The Morgan fingerprint density at radius 2 is 2.00 bits per heavy atom. The van der Waals surface area contributed by atoms with Crippen LogP contribution in [0.2, 0.25) is 0 Å². The van der Waals surface area contributed by atoms with E-state index in [4.69, 9.17) is 5.11 Å². The quantitative estimate of drug-likeness (QED) is 0.668. The Balaban J connectivity index is 2.28. The van der Waals surface area contributed by atoms with Crippen LogP contribution in [-0.4, -0.2) is 35.7 Å². The molecule has 2 heteroatoms. The summed E-state index contributed by atoms with van der Waals surface area (Å²) >= 11 is 0. The number of rotatable bonds is 8. The van der Waals surface area contributed by atoms with Gasteiger partial charge in [0.15, 0.2) is 0 Å². The van der Waals surface area contributed by atoms with Crippen molar-refractivity contribution in [3.63, 3.8) is 0 Å². The summed E-state index contributed by atoms with van der Waals surface area (Å²) in [5.74, 6) is 0.756. The highest BCUT2D eigenvalue weighted by Gasteiger charge is 2.26. The molecule has 0 aromatic heterocycles. The number of piperidine rings is 1. The number of nitrogens with zero attached hydrogens (tertiary/aromatic N) is 1. The Hall–Kier alpha value is -0.340. The van der Waals surface area contributed by atoms with Crippen molar-refractivity contribution in [3.8, 4) is 0 Å². The minimum atomic E-state index is 0.362. The largest absolute Gasteiger partial charge is 0.396 e. The van der Waals surface area contributed by atoms with Crippen molar-refractivity contribution in [2.75, 3.05) is 19.7 Å². The first kappa shape index (κ1) is 15.7. The first-order valence-corrected chi connectivity index (χ1v) is 7.81. The molecule has 0 radical (unpaired) electrons. The van der Waals surface area contributed by atoms with E-state index in [2.05, 4.69) is 30.9 Å². The second-order valence-electron chi connectivity index (χ2n) is 5.55. The molecule has 0 amide bonds. The Morgan fingerprint density at radius 1 is 1.22 bits per heavy atom. The monoisotopic (exact) mass is 253 g/mol. The van der Waals surface area contributed by atoms with Crippen LogP contribution in [0.4, 0.5) is 0 Å². The molecular formula is C16H31NO. The van der Waals surface area contributed by atoms with E-state index in [1.807, 2.05) is 0 Å². The number of likely N-dealkylation sites (tertiary alicyclic amines) is 1. The van der Waals surface area contributed by atoms with Gasteiger partial charge in [0.25, 0.3) is 0 Å². The van der Waals surface area contributed by atoms with E-state index in [0.29, 0.717) is 6.61 Å². The lowest BCUT2D eigenvalue weighted by atomic mass is 9.87. The molecule has 1 rings (SSSR count). The average Bonchev–Trinajstić information content (AvgIpc) is 2.40. The zero-order valence-electron chi connectivity index (χ0n) is 12.3. The molecule has 0 saturated carbocycles. The Morgan fingerprint density at radius 3 is 2.67 bits per heavy atom. The first-order chi connectivity index (χ1) is 8.81. The second kappa shape index (κ2) is 9.57. The van der Waals surface area contributed by atoms with Crippen LogP contribution < -0.4 is 0 Å². The van der Waals surface area contributed by atoms with Crippen molar-refractivity contribution in [1.29, 1.82) is 0 Å². The molecule has 2 nitrogen and oxygen atoms in total. The molecule has 0 aromatic rings. The molecule has 1 fully saturated rings. The molecule has 1 aliphatic heterocycles. The van der Waals surface area contributed by atoms with Crippen molar-refractivity contribution >= 4 is 0 Å². The van der Waals surface area contributed by atoms with E-state index in [1.165, 1.54) is 51.6 Å². The van der Waals surface area contributed by atoms with Crippen LogP contribution in [0.1, 0.15) is 58.8 Å². The van der Waals surface area contributed by atoms with Gasteiger partial charge in [-0.2, -0.15) is 0 Å². The summed E-state index contributed by atoms with van der Waals surface area (Å²) in [5.41, 5.74) is 0. The molecule has 0 aromatic carbocycles. The summed E-state index contributed by atoms with van der Waals surface area (Å²) in [6.45, 7) is 7.32. The van der Waals surface area contributed by atoms with Crippen LogP contribution in [0.3, 0.4) is 0 Å². The van der Waals surface area contributed by atoms with E-state index < -0.39 is 0 Å². The standard InChI is InChI=1S/C16H31NO/c1-3-5-6-7-8-11-17-12-9-15(10-13-18)14-16(17)4-2/h6-7,15-16,18H,3-5,8-14H2,1-2H3. The molecule has 1 saturated heterocycles. The van der Waals surface area contributed by atoms with Crippen LogP contribution >= 0.6 is 0 Å². The van der Waals surface area contributed by atoms with Gasteiger partial charge in [-0.3, -0.25) is 0 Å². The predicted molar refractivity (Wildman–Crippen MR) is 78.7 cm³/mol. The van der Waals surface area contributed by atoms with Crippen molar-refractivity contribution in [2.24, 2.45) is 5.92 Å². The summed E-state index contributed by atoms with van der Waals surface area (Å²) in [7, 11) is 0. The van der Waals surface area contributed by atoms with E-state index in [9.17, 15) is 0 Å². The Bertz CT molecular complexity index is 227. The lowest BCUT2D eigenvalue weighted by Crippen LogP contribution is -2.42. The van der Waals surface area contributed by atoms with Crippen LogP contribution in [0.5, 0.6) is 0 Å². The molecule has 18 heavy (non-hydrogen) atoms. The Labute approximate surface area is 113 Å². The summed E-state index contributed by atoms with van der Waals surface area (Å²) < 4.78 is 0. The molecule has 2 atom stereocenters. The fourth-order valence-electron chi connectivity index (χ4n) is 2.99.